The van der Waals surface area contributed by atoms with Gasteiger partial charge in [0, 0.05) is 30.7 Å². The Morgan fingerprint density at radius 2 is 2.04 bits per heavy atom. The third-order valence-electron chi connectivity index (χ3n) is 3.93. The Balaban J connectivity index is 1.97. The maximum Gasteiger partial charge on any atom is 0.258 e. The maximum absolute atomic E-state index is 12.9. The summed E-state index contributed by atoms with van der Waals surface area (Å²) in [4.78, 5) is 21.7. The van der Waals surface area contributed by atoms with E-state index < -0.39 is 0 Å². The molecule has 0 bridgehead atoms. The summed E-state index contributed by atoms with van der Waals surface area (Å²) in [5.41, 5.74) is 2.07. The minimum absolute atomic E-state index is 0.174. The van der Waals surface area contributed by atoms with Crippen molar-refractivity contribution in [3.8, 4) is 0 Å². The van der Waals surface area contributed by atoms with Crippen LogP contribution in [0.15, 0.2) is 24.7 Å². The summed E-state index contributed by atoms with van der Waals surface area (Å²) in [6.45, 7) is 11.0. The molecule has 0 atom stereocenters. The van der Waals surface area contributed by atoms with Crippen LogP contribution in [0.5, 0.6) is 0 Å². The van der Waals surface area contributed by atoms with Crippen LogP contribution in [0.1, 0.15) is 49.8 Å². The van der Waals surface area contributed by atoms with Crippen LogP contribution in [0.25, 0.3) is 11.0 Å². The molecule has 0 spiro atoms. The van der Waals surface area contributed by atoms with E-state index in [1.807, 2.05) is 36.2 Å². The zero-order valence-corrected chi connectivity index (χ0v) is 15.3. The summed E-state index contributed by atoms with van der Waals surface area (Å²) in [6.07, 6.45) is 5.28. The lowest BCUT2D eigenvalue weighted by atomic mass is 10.1. The van der Waals surface area contributed by atoms with Crippen LogP contribution >= 0.6 is 0 Å². The Morgan fingerprint density at radius 1 is 1.28 bits per heavy atom. The van der Waals surface area contributed by atoms with Gasteiger partial charge in [0.15, 0.2) is 5.65 Å². The highest BCUT2D eigenvalue weighted by atomic mass is 16.1. The molecule has 0 aliphatic heterocycles. The number of aryl methyl sites for hydroxylation is 1. The molecular formula is C18H24N6O. The van der Waals surface area contributed by atoms with Crippen molar-refractivity contribution >= 4 is 22.9 Å². The van der Waals surface area contributed by atoms with Crippen molar-refractivity contribution in [2.75, 3.05) is 5.32 Å². The second-order valence-corrected chi connectivity index (χ2v) is 6.98. The van der Waals surface area contributed by atoms with Gasteiger partial charge in [0.1, 0.15) is 0 Å². The molecule has 7 nitrogen and oxygen atoms in total. The van der Waals surface area contributed by atoms with Crippen molar-refractivity contribution in [1.29, 1.82) is 0 Å². The number of hydrogen-bond acceptors (Lipinski definition) is 4. The molecule has 3 heterocycles. The fourth-order valence-electron chi connectivity index (χ4n) is 2.85. The molecule has 0 radical (unpaired) electrons. The van der Waals surface area contributed by atoms with E-state index in [0.29, 0.717) is 17.4 Å². The lowest BCUT2D eigenvalue weighted by molar-refractivity contribution is 0.102. The molecule has 0 aromatic carbocycles. The van der Waals surface area contributed by atoms with Gasteiger partial charge in [-0.25, -0.2) is 14.6 Å². The SMILES string of the molecule is Cc1cc(C(=O)Nc2nccn2CC(C)C)c2cnn(C(C)C)c2n1. The third kappa shape index (κ3) is 3.40. The minimum atomic E-state index is -0.199. The van der Waals surface area contributed by atoms with Crippen LogP contribution in [0.4, 0.5) is 5.95 Å². The average molecular weight is 340 g/mol. The first-order valence-electron chi connectivity index (χ1n) is 8.54. The van der Waals surface area contributed by atoms with E-state index in [4.69, 9.17) is 0 Å². The second-order valence-electron chi connectivity index (χ2n) is 6.98. The van der Waals surface area contributed by atoms with Gasteiger partial charge in [-0.2, -0.15) is 5.10 Å². The topological polar surface area (TPSA) is 77.6 Å². The Labute approximate surface area is 147 Å². The number of pyridine rings is 1. The van der Waals surface area contributed by atoms with Crippen LogP contribution in [0.2, 0.25) is 0 Å². The number of carbonyl (C=O) groups excluding carboxylic acids is 1. The number of nitrogens with one attached hydrogen (secondary N) is 1. The Morgan fingerprint density at radius 3 is 2.72 bits per heavy atom. The van der Waals surface area contributed by atoms with Crippen molar-refractivity contribution in [1.82, 2.24) is 24.3 Å². The fraction of sp³-hybridized carbons (Fsp3) is 0.444. The van der Waals surface area contributed by atoms with Gasteiger partial charge in [0.2, 0.25) is 5.95 Å². The molecule has 0 unspecified atom stereocenters. The molecular weight excluding hydrogens is 316 g/mol. The molecule has 3 aromatic heterocycles. The number of aromatic nitrogens is 5. The van der Waals surface area contributed by atoms with Crippen molar-refractivity contribution in [3.05, 3.63) is 35.9 Å². The number of anilines is 1. The molecule has 1 amide bonds. The monoisotopic (exact) mass is 340 g/mol. The van der Waals surface area contributed by atoms with Gasteiger partial charge in [-0.05, 0) is 32.8 Å². The van der Waals surface area contributed by atoms with E-state index in [-0.39, 0.29) is 11.9 Å². The molecule has 0 fully saturated rings. The lowest BCUT2D eigenvalue weighted by Crippen LogP contribution is -2.18. The molecule has 0 saturated heterocycles. The molecule has 3 rings (SSSR count). The summed E-state index contributed by atoms with van der Waals surface area (Å²) >= 11 is 0. The minimum Gasteiger partial charge on any atom is -0.317 e. The first-order valence-corrected chi connectivity index (χ1v) is 8.54. The third-order valence-corrected chi connectivity index (χ3v) is 3.93. The van der Waals surface area contributed by atoms with Gasteiger partial charge in [0.25, 0.3) is 5.91 Å². The summed E-state index contributed by atoms with van der Waals surface area (Å²) in [5, 5.41) is 8.05. The lowest BCUT2D eigenvalue weighted by Gasteiger charge is -2.12. The quantitative estimate of drug-likeness (QED) is 0.772. The van der Waals surface area contributed by atoms with Crippen LogP contribution < -0.4 is 5.32 Å². The van der Waals surface area contributed by atoms with Crippen LogP contribution in [0.3, 0.4) is 0 Å². The van der Waals surface area contributed by atoms with E-state index in [0.717, 1.165) is 23.3 Å². The van der Waals surface area contributed by atoms with Crippen LogP contribution in [-0.4, -0.2) is 30.2 Å². The zero-order chi connectivity index (χ0) is 18.1. The van der Waals surface area contributed by atoms with Gasteiger partial charge in [-0.1, -0.05) is 13.8 Å². The number of hydrogen-bond donors (Lipinski definition) is 1. The van der Waals surface area contributed by atoms with E-state index in [9.17, 15) is 4.79 Å². The molecule has 0 aliphatic carbocycles. The van der Waals surface area contributed by atoms with Crippen molar-refractivity contribution in [3.63, 3.8) is 0 Å². The molecule has 0 saturated carbocycles. The van der Waals surface area contributed by atoms with Crippen LogP contribution in [0, 0.1) is 12.8 Å². The van der Waals surface area contributed by atoms with Crippen molar-refractivity contribution in [2.24, 2.45) is 5.92 Å². The maximum atomic E-state index is 12.9. The van der Waals surface area contributed by atoms with Crippen molar-refractivity contribution in [2.45, 2.75) is 47.2 Å². The first-order chi connectivity index (χ1) is 11.9. The van der Waals surface area contributed by atoms with Gasteiger partial charge < -0.3 is 4.57 Å². The summed E-state index contributed by atoms with van der Waals surface area (Å²) in [5.74, 6) is 0.816. The number of nitrogens with zero attached hydrogens (tertiary/aromatic N) is 5. The molecule has 0 aliphatic rings. The molecule has 3 aromatic rings. The number of amides is 1. The highest BCUT2D eigenvalue weighted by Gasteiger charge is 2.18. The van der Waals surface area contributed by atoms with Gasteiger partial charge >= 0.3 is 0 Å². The Hall–Kier alpha value is -2.70. The van der Waals surface area contributed by atoms with Gasteiger partial charge in [-0.15, -0.1) is 0 Å². The highest BCUT2D eigenvalue weighted by Crippen LogP contribution is 2.22. The number of carbonyl (C=O) groups is 1. The Kier molecular flexibility index (Phi) is 4.57. The predicted molar refractivity (Wildman–Crippen MR) is 97.7 cm³/mol. The molecule has 7 heteroatoms. The number of rotatable bonds is 5. The largest absolute Gasteiger partial charge is 0.317 e. The molecule has 132 valence electrons. The normalized spacial score (nSPS) is 11.6. The molecule has 1 N–H and O–H groups in total. The molecule has 25 heavy (non-hydrogen) atoms. The smallest absolute Gasteiger partial charge is 0.258 e. The van der Waals surface area contributed by atoms with Crippen molar-refractivity contribution < 1.29 is 4.79 Å². The summed E-state index contributed by atoms with van der Waals surface area (Å²) < 4.78 is 3.78. The van der Waals surface area contributed by atoms with E-state index in [1.54, 1.807) is 18.5 Å². The summed E-state index contributed by atoms with van der Waals surface area (Å²) in [6, 6.07) is 1.97. The summed E-state index contributed by atoms with van der Waals surface area (Å²) in [7, 11) is 0. The van der Waals surface area contributed by atoms with Gasteiger partial charge in [-0.3, -0.25) is 10.1 Å². The highest BCUT2D eigenvalue weighted by molar-refractivity contribution is 6.11. The fourth-order valence-corrected chi connectivity index (χ4v) is 2.85. The number of imidazole rings is 1. The van der Waals surface area contributed by atoms with E-state index >= 15 is 0 Å². The zero-order valence-electron chi connectivity index (χ0n) is 15.3. The first kappa shape index (κ1) is 17.1. The Bertz CT molecular complexity index is 906. The second kappa shape index (κ2) is 6.66. The predicted octanol–water partition coefficient (Wildman–Crippen LogP) is 3.43. The average Bonchev–Trinajstić information content (AvgIpc) is 3.12. The van der Waals surface area contributed by atoms with E-state index in [2.05, 4.69) is 34.2 Å². The van der Waals surface area contributed by atoms with Crippen LogP contribution in [-0.2, 0) is 6.54 Å². The standard InChI is InChI=1S/C18H24N6O/c1-11(2)10-23-7-6-19-18(23)22-17(25)14-8-13(5)21-16-15(14)9-20-24(16)12(3)4/h6-9,11-12H,10H2,1-5H3,(H,19,22,25). The van der Waals surface area contributed by atoms with E-state index in [1.165, 1.54) is 0 Å². The van der Waals surface area contributed by atoms with Gasteiger partial charge in [0.05, 0.1) is 17.1 Å². The number of fused-ring (bicyclic) bond motifs is 1.